The molecule has 0 saturated carbocycles. The van der Waals surface area contributed by atoms with Crippen LogP contribution in [-0.2, 0) is 26.1 Å². The Kier molecular flexibility index (Phi) is 10.2. The fourth-order valence-corrected chi connectivity index (χ4v) is 5.72. The van der Waals surface area contributed by atoms with Crippen molar-refractivity contribution in [3.05, 3.63) is 62.6 Å². The third-order valence-electron chi connectivity index (χ3n) is 4.96. The third-order valence-corrected chi connectivity index (χ3v) is 7.80. The lowest BCUT2D eigenvalue weighted by Crippen LogP contribution is -2.41. The number of ether oxygens (including phenoxy) is 1. The smallest absolute Gasteiger partial charge is 0.244 e. The number of carbonyl (C=O) groups is 1. The van der Waals surface area contributed by atoms with Crippen molar-refractivity contribution in [1.82, 2.24) is 9.62 Å². The van der Waals surface area contributed by atoms with Gasteiger partial charge in [0.25, 0.3) is 0 Å². The van der Waals surface area contributed by atoms with Crippen LogP contribution >= 0.6 is 23.2 Å². The Morgan fingerprint density at radius 3 is 2.27 bits per heavy atom. The van der Waals surface area contributed by atoms with E-state index in [0.29, 0.717) is 46.3 Å². The Bertz CT molecular complexity index is 1060. The SMILES string of the molecule is Cc1cc(C)c(S(=O)(=O)N(CC(=O)NCCCOC(C)C)Cc2ccc(Cl)c(Cl)c2)c(C)c1. The van der Waals surface area contributed by atoms with Gasteiger partial charge in [-0.1, -0.05) is 47.0 Å². The van der Waals surface area contributed by atoms with E-state index in [-0.39, 0.29) is 30.0 Å². The van der Waals surface area contributed by atoms with Crippen molar-refractivity contribution in [1.29, 1.82) is 0 Å². The summed E-state index contributed by atoms with van der Waals surface area (Å²) in [4.78, 5) is 12.9. The van der Waals surface area contributed by atoms with Gasteiger partial charge in [-0.15, -0.1) is 0 Å². The second-order valence-electron chi connectivity index (χ2n) is 8.37. The number of sulfonamides is 1. The molecule has 0 heterocycles. The number of carbonyl (C=O) groups excluding carboxylic acids is 1. The van der Waals surface area contributed by atoms with Crippen molar-refractivity contribution >= 4 is 39.1 Å². The molecule has 0 unspecified atom stereocenters. The van der Waals surface area contributed by atoms with E-state index in [1.165, 1.54) is 4.31 Å². The van der Waals surface area contributed by atoms with Crippen molar-refractivity contribution in [3.63, 3.8) is 0 Å². The van der Waals surface area contributed by atoms with Gasteiger partial charge in [0, 0.05) is 19.7 Å². The highest BCUT2D eigenvalue weighted by molar-refractivity contribution is 7.89. The Hall–Kier alpha value is -1.64. The molecule has 1 amide bonds. The van der Waals surface area contributed by atoms with Gasteiger partial charge in [0.05, 0.1) is 27.6 Å². The van der Waals surface area contributed by atoms with E-state index in [0.717, 1.165) is 5.56 Å². The van der Waals surface area contributed by atoms with Crippen LogP contribution < -0.4 is 5.32 Å². The quantitative estimate of drug-likeness (QED) is 0.426. The Morgan fingerprint density at radius 1 is 1.06 bits per heavy atom. The number of aryl methyl sites for hydroxylation is 3. The molecule has 0 fully saturated rings. The molecule has 0 spiro atoms. The third kappa shape index (κ3) is 7.97. The van der Waals surface area contributed by atoms with Crippen LogP contribution in [0.3, 0.4) is 0 Å². The first-order chi connectivity index (χ1) is 15.4. The molecule has 0 aliphatic carbocycles. The number of hydrogen-bond acceptors (Lipinski definition) is 4. The minimum Gasteiger partial charge on any atom is -0.379 e. The summed E-state index contributed by atoms with van der Waals surface area (Å²) in [7, 11) is -3.97. The predicted octanol–water partition coefficient (Wildman–Crippen LogP) is 5.04. The van der Waals surface area contributed by atoms with E-state index in [9.17, 15) is 13.2 Å². The van der Waals surface area contributed by atoms with E-state index in [1.807, 2.05) is 32.9 Å². The lowest BCUT2D eigenvalue weighted by molar-refractivity contribution is -0.121. The van der Waals surface area contributed by atoms with Crippen LogP contribution in [0.5, 0.6) is 0 Å². The molecule has 9 heteroatoms. The molecule has 2 rings (SSSR count). The zero-order valence-electron chi connectivity index (χ0n) is 19.7. The lowest BCUT2D eigenvalue weighted by Gasteiger charge is -2.24. The first kappa shape index (κ1) is 27.6. The summed E-state index contributed by atoms with van der Waals surface area (Å²) < 4.78 is 34.0. The molecule has 0 saturated heterocycles. The Morgan fingerprint density at radius 2 is 1.70 bits per heavy atom. The van der Waals surface area contributed by atoms with Gasteiger partial charge in [0.2, 0.25) is 15.9 Å². The molecule has 0 aliphatic heterocycles. The van der Waals surface area contributed by atoms with E-state index < -0.39 is 10.0 Å². The summed E-state index contributed by atoms with van der Waals surface area (Å²) in [5, 5.41) is 3.48. The van der Waals surface area contributed by atoms with Crippen LogP contribution in [0.25, 0.3) is 0 Å². The van der Waals surface area contributed by atoms with Gasteiger partial charge in [-0.25, -0.2) is 8.42 Å². The first-order valence-corrected chi connectivity index (χ1v) is 13.0. The predicted molar refractivity (Wildman–Crippen MR) is 133 cm³/mol. The highest BCUT2D eigenvalue weighted by Crippen LogP contribution is 2.28. The second kappa shape index (κ2) is 12.2. The van der Waals surface area contributed by atoms with E-state index in [4.69, 9.17) is 27.9 Å². The molecule has 182 valence electrons. The van der Waals surface area contributed by atoms with Crippen LogP contribution in [-0.4, -0.2) is 44.4 Å². The molecule has 2 aromatic carbocycles. The normalized spacial score (nSPS) is 11.9. The second-order valence-corrected chi connectivity index (χ2v) is 11.1. The topological polar surface area (TPSA) is 75.7 Å². The maximum atomic E-state index is 13.7. The summed E-state index contributed by atoms with van der Waals surface area (Å²) in [6.07, 6.45) is 0.758. The average Bonchev–Trinajstić information content (AvgIpc) is 2.68. The molecule has 0 atom stereocenters. The number of halogens is 2. The number of hydrogen-bond donors (Lipinski definition) is 1. The molecule has 0 radical (unpaired) electrons. The summed E-state index contributed by atoms with van der Waals surface area (Å²) in [5.74, 6) is -0.384. The Balaban J connectivity index is 2.28. The summed E-state index contributed by atoms with van der Waals surface area (Å²) in [5.41, 5.74) is 2.88. The van der Waals surface area contributed by atoms with Crippen molar-refractivity contribution in [3.8, 4) is 0 Å². The lowest BCUT2D eigenvalue weighted by atomic mass is 10.1. The van der Waals surface area contributed by atoms with Gasteiger partial charge >= 0.3 is 0 Å². The van der Waals surface area contributed by atoms with Crippen LogP contribution in [0.1, 0.15) is 42.5 Å². The number of amides is 1. The van der Waals surface area contributed by atoms with Crippen LogP contribution in [0.2, 0.25) is 10.0 Å². The van der Waals surface area contributed by atoms with Crippen molar-refractivity contribution in [2.75, 3.05) is 19.7 Å². The van der Waals surface area contributed by atoms with Crippen molar-refractivity contribution in [2.45, 2.75) is 58.6 Å². The van der Waals surface area contributed by atoms with Gasteiger partial charge in [0.15, 0.2) is 0 Å². The molecule has 6 nitrogen and oxygen atoms in total. The van der Waals surface area contributed by atoms with E-state index >= 15 is 0 Å². The van der Waals surface area contributed by atoms with Crippen LogP contribution in [0, 0.1) is 20.8 Å². The summed E-state index contributed by atoms with van der Waals surface area (Å²) in [6.45, 7) is 9.91. The van der Waals surface area contributed by atoms with E-state index in [1.54, 1.807) is 32.0 Å². The number of benzene rings is 2. The van der Waals surface area contributed by atoms with Crippen molar-refractivity contribution in [2.24, 2.45) is 0 Å². The minimum absolute atomic E-state index is 0.0180. The molecule has 33 heavy (non-hydrogen) atoms. The average molecular weight is 516 g/mol. The molecule has 2 aromatic rings. The fraction of sp³-hybridized carbons (Fsp3) is 0.458. The summed E-state index contributed by atoms with van der Waals surface area (Å²) in [6, 6.07) is 8.58. The standard InChI is InChI=1S/C24H32Cl2N2O4S/c1-16(2)32-10-6-9-27-23(29)15-28(14-20-7-8-21(25)22(26)13-20)33(30,31)24-18(4)11-17(3)12-19(24)5/h7-8,11-13,16H,6,9-10,14-15H2,1-5H3,(H,27,29). The largest absolute Gasteiger partial charge is 0.379 e. The van der Waals surface area contributed by atoms with Gasteiger partial charge in [-0.3, -0.25) is 4.79 Å². The van der Waals surface area contributed by atoms with Crippen LogP contribution in [0.4, 0.5) is 0 Å². The fourth-order valence-electron chi connectivity index (χ4n) is 3.61. The first-order valence-electron chi connectivity index (χ1n) is 10.8. The molecule has 0 bridgehead atoms. The monoisotopic (exact) mass is 514 g/mol. The molecule has 1 N–H and O–H groups in total. The highest BCUT2D eigenvalue weighted by Gasteiger charge is 2.30. The van der Waals surface area contributed by atoms with Gasteiger partial charge in [-0.2, -0.15) is 4.31 Å². The highest BCUT2D eigenvalue weighted by atomic mass is 35.5. The maximum absolute atomic E-state index is 13.7. The van der Waals surface area contributed by atoms with Gasteiger partial charge < -0.3 is 10.1 Å². The minimum atomic E-state index is -3.97. The van der Waals surface area contributed by atoms with Gasteiger partial charge in [0.1, 0.15) is 0 Å². The Labute approximate surface area is 207 Å². The number of nitrogens with one attached hydrogen (secondary N) is 1. The van der Waals surface area contributed by atoms with Gasteiger partial charge in [-0.05, 0) is 69.9 Å². The number of rotatable bonds is 11. The zero-order chi connectivity index (χ0) is 24.8. The molecular formula is C24H32Cl2N2O4S. The molecule has 0 aliphatic rings. The zero-order valence-corrected chi connectivity index (χ0v) is 22.1. The maximum Gasteiger partial charge on any atom is 0.244 e. The molecule has 0 aromatic heterocycles. The van der Waals surface area contributed by atoms with Crippen LogP contribution in [0.15, 0.2) is 35.2 Å². The summed E-state index contributed by atoms with van der Waals surface area (Å²) >= 11 is 12.1. The molecular weight excluding hydrogens is 483 g/mol. The van der Waals surface area contributed by atoms with E-state index in [2.05, 4.69) is 5.32 Å². The number of nitrogens with zero attached hydrogens (tertiary/aromatic N) is 1. The van der Waals surface area contributed by atoms with Crippen molar-refractivity contribution < 1.29 is 17.9 Å².